The Balaban J connectivity index is 2.32. The lowest BCUT2D eigenvalue weighted by atomic mass is 10.1. The van der Waals surface area contributed by atoms with E-state index in [9.17, 15) is 0 Å². The molecule has 0 fully saturated rings. The van der Waals surface area contributed by atoms with Crippen LogP contribution in [0.5, 0.6) is 11.6 Å². The average molecular weight is 293 g/mol. The molecule has 0 aliphatic heterocycles. The average Bonchev–Trinajstić information content (AvgIpc) is 2.35. The highest BCUT2D eigenvalue weighted by Crippen LogP contribution is 2.29. The summed E-state index contributed by atoms with van der Waals surface area (Å²) in [7, 11) is 0. The number of pyridine rings is 1. The summed E-state index contributed by atoms with van der Waals surface area (Å²) in [5, 5.41) is 0. The van der Waals surface area contributed by atoms with Crippen LogP contribution in [0.4, 0.5) is 0 Å². The van der Waals surface area contributed by atoms with Crippen molar-refractivity contribution in [2.45, 2.75) is 13.5 Å². The van der Waals surface area contributed by atoms with Gasteiger partial charge in [-0.3, -0.25) is 0 Å². The van der Waals surface area contributed by atoms with E-state index in [1.54, 1.807) is 6.20 Å². The van der Waals surface area contributed by atoms with Gasteiger partial charge in [-0.05, 0) is 52.2 Å². The van der Waals surface area contributed by atoms with E-state index in [1.807, 2.05) is 37.3 Å². The molecule has 0 unspecified atom stereocenters. The molecule has 0 aliphatic carbocycles. The summed E-state index contributed by atoms with van der Waals surface area (Å²) in [4.78, 5) is 4.17. The first-order valence-corrected chi connectivity index (χ1v) is 6.08. The van der Waals surface area contributed by atoms with Crippen molar-refractivity contribution in [1.29, 1.82) is 0 Å². The summed E-state index contributed by atoms with van der Waals surface area (Å²) in [5.74, 6) is 1.34. The van der Waals surface area contributed by atoms with E-state index in [2.05, 4.69) is 20.9 Å². The van der Waals surface area contributed by atoms with Crippen LogP contribution in [0.2, 0.25) is 0 Å². The summed E-state index contributed by atoms with van der Waals surface area (Å²) in [5.41, 5.74) is 7.71. The van der Waals surface area contributed by atoms with E-state index in [0.717, 1.165) is 21.3 Å². The second kappa shape index (κ2) is 5.29. The summed E-state index contributed by atoms with van der Waals surface area (Å²) in [6.45, 7) is 2.49. The van der Waals surface area contributed by atoms with Gasteiger partial charge in [-0.15, -0.1) is 0 Å². The van der Waals surface area contributed by atoms with Crippen molar-refractivity contribution in [2.75, 3.05) is 0 Å². The second-order valence-electron chi connectivity index (χ2n) is 3.70. The molecular formula is C13H13BrN2O. The summed E-state index contributed by atoms with van der Waals surface area (Å²) in [6.07, 6.45) is 1.70. The number of nitrogens with two attached hydrogens (primary N) is 1. The molecule has 2 N–H and O–H groups in total. The number of benzene rings is 1. The molecule has 0 spiro atoms. The van der Waals surface area contributed by atoms with E-state index < -0.39 is 0 Å². The maximum absolute atomic E-state index is 5.77. The van der Waals surface area contributed by atoms with Crippen LogP contribution in [0.25, 0.3) is 0 Å². The Kier molecular flexibility index (Phi) is 3.76. The number of nitrogens with zero attached hydrogens (tertiary/aromatic N) is 1. The molecule has 2 rings (SSSR count). The summed E-state index contributed by atoms with van der Waals surface area (Å²) in [6, 6.07) is 9.67. The zero-order valence-corrected chi connectivity index (χ0v) is 11.1. The van der Waals surface area contributed by atoms with Crippen LogP contribution in [-0.4, -0.2) is 4.98 Å². The number of hydrogen-bond acceptors (Lipinski definition) is 3. The minimum atomic E-state index is 0.500. The Morgan fingerprint density at radius 1 is 1.35 bits per heavy atom. The molecule has 1 heterocycles. The molecule has 4 heteroatoms. The van der Waals surface area contributed by atoms with Gasteiger partial charge in [0.15, 0.2) is 0 Å². The van der Waals surface area contributed by atoms with Gasteiger partial charge < -0.3 is 10.5 Å². The van der Waals surface area contributed by atoms with E-state index in [-0.39, 0.29) is 0 Å². The van der Waals surface area contributed by atoms with Gasteiger partial charge in [0.25, 0.3) is 0 Å². The predicted molar refractivity (Wildman–Crippen MR) is 71.1 cm³/mol. The van der Waals surface area contributed by atoms with Crippen molar-refractivity contribution in [1.82, 2.24) is 4.98 Å². The Morgan fingerprint density at radius 3 is 2.88 bits per heavy atom. The maximum Gasteiger partial charge on any atom is 0.233 e. The Hall–Kier alpha value is -1.39. The highest BCUT2D eigenvalue weighted by atomic mass is 79.9. The maximum atomic E-state index is 5.77. The fourth-order valence-corrected chi connectivity index (χ4v) is 1.77. The van der Waals surface area contributed by atoms with Gasteiger partial charge in [0.1, 0.15) is 5.75 Å². The van der Waals surface area contributed by atoms with E-state index in [4.69, 9.17) is 10.5 Å². The minimum absolute atomic E-state index is 0.500. The molecule has 1 aromatic carbocycles. The molecule has 0 aliphatic rings. The van der Waals surface area contributed by atoms with Crippen LogP contribution in [0.1, 0.15) is 11.1 Å². The SMILES string of the molecule is Cc1ccc(CN)cc1Oc1ncccc1Br. The Labute approximate surface area is 109 Å². The summed E-state index contributed by atoms with van der Waals surface area (Å²) >= 11 is 3.40. The van der Waals surface area contributed by atoms with E-state index in [0.29, 0.717) is 12.4 Å². The van der Waals surface area contributed by atoms with Crippen molar-refractivity contribution in [2.24, 2.45) is 5.73 Å². The molecular weight excluding hydrogens is 280 g/mol. The molecule has 0 atom stereocenters. The standard InChI is InChI=1S/C13H13BrN2O/c1-9-4-5-10(8-15)7-12(9)17-13-11(14)3-2-6-16-13/h2-7H,8,15H2,1H3. The third-order valence-corrected chi connectivity index (χ3v) is 3.02. The lowest BCUT2D eigenvalue weighted by Gasteiger charge is -2.10. The zero-order chi connectivity index (χ0) is 12.3. The molecule has 1 aromatic heterocycles. The van der Waals surface area contributed by atoms with E-state index >= 15 is 0 Å². The topological polar surface area (TPSA) is 48.1 Å². The van der Waals surface area contributed by atoms with Gasteiger partial charge in [-0.25, -0.2) is 4.98 Å². The number of aryl methyl sites for hydroxylation is 1. The van der Waals surface area contributed by atoms with Crippen LogP contribution >= 0.6 is 15.9 Å². The number of rotatable bonds is 3. The Bertz CT molecular complexity index is 529. The molecule has 3 nitrogen and oxygen atoms in total. The van der Waals surface area contributed by atoms with Crippen molar-refractivity contribution < 1.29 is 4.74 Å². The normalized spacial score (nSPS) is 10.3. The molecule has 0 amide bonds. The highest BCUT2D eigenvalue weighted by Gasteiger charge is 2.06. The lowest BCUT2D eigenvalue weighted by molar-refractivity contribution is 0.455. The lowest BCUT2D eigenvalue weighted by Crippen LogP contribution is -1.98. The van der Waals surface area contributed by atoms with Crippen molar-refractivity contribution in [3.05, 3.63) is 52.1 Å². The van der Waals surface area contributed by atoms with Crippen molar-refractivity contribution in [3.63, 3.8) is 0 Å². The monoisotopic (exact) mass is 292 g/mol. The first-order chi connectivity index (χ1) is 8.20. The van der Waals surface area contributed by atoms with Crippen LogP contribution < -0.4 is 10.5 Å². The quantitative estimate of drug-likeness (QED) is 0.943. The van der Waals surface area contributed by atoms with Crippen LogP contribution in [0.15, 0.2) is 41.0 Å². The molecule has 2 aromatic rings. The molecule has 0 bridgehead atoms. The van der Waals surface area contributed by atoms with Gasteiger partial charge in [-0.2, -0.15) is 0 Å². The molecule has 17 heavy (non-hydrogen) atoms. The fraction of sp³-hybridized carbons (Fsp3) is 0.154. The number of aromatic nitrogens is 1. The first kappa shape index (κ1) is 12.1. The van der Waals surface area contributed by atoms with Gasteiger partial charge in [0.2, 0.25) is 5.88 Å². The summed E-state index contributed by atoms with van der Waals surface area (Å²) < 4.78 is 6.60. The second-order valence-corrected chi connectivity index (χ2v) is 4.55. The van der Waals surface area contributed by atoms with Gasteiger partial charge in [-0.1, -0.05) is 12.1 Å². The van der Waals surface area contributed by atoms with Crippen molar-refractivity contribution in [3.8, 4) is 11.6 Å². The van der Waals surface area contributed by atoms with Crippen molar-refractivity contribution >= 4 is 15.9 Å². The van der Waals surface area contributed by atoms with Gasteiger partial charge in [0, 0.05) is 12.7 Å². The van der Waals surface area contributed by atoms with Crippen LogP contribution in [-0.2, 0) is 6.54 Å². The highest BCUT2D eigenvalue weighted by molar-refractivity contribution is 9.10. The fourth-order valence-electron chi connectivity index (χ4n) is 1.43. The molecule has 0 saturated carbocycles. The molecule has 88 valence electrons. The largest absolute Gasteiger partial charge is 0.438 e. The third-order valence-electron chi connectivity index (χ3n) is 2.42. The predicted octanol–water partition coefficient (Wildman–Crippen LogP) is 3.40. The third kappa shape index (κ3) is 2.84. The minimum Gasteiger partial charge on any atom is -0.438 e. The number of ether oxygens (including phenoxy) is 1. The van der Waals surface area contributed by atoms with Gasteiger partial charge in [0.05, 0.1) is 4.47 Å². The van der Waals surface area contributed by atoms with Crippen LogP contribution in [0, 0.1) is 6.92 Å². The zero-order valence-electron chi connectivity index (χ0n) is 9.48. The number of hydrogen-bond donors (Lipinski definition) is 1. The number of halogens is 1. The van der Waals surface area contributed by atoms with Gasteiger partial charge >= 0.3 is 0 Å². The molecule has 0 radical (unpaired) electrons. The van der Waals surface area contributed by atoms with E-state index in [1.165, 1.54) is 0 Å². The van der Waals surface area contributed by atoms with Crippen LogP contribution in [0.3, 0.4) is 0 Å². The Morgan fingerprint density at radius 2 is 2.18 bits per heavy atom. The first-order valence-electron chi connectivity index (χ1n) is 5.28. The molecule has 0 saturated heterocycles. The smallest absolute Gasteiger partial charge is 0.233 e.